The largest absolute Gasteiger partial charge is 0.486 e. The van der Waals surface area contributed by atoms with E-state index >= 15 is 0 Å². The molecule has 0 heterocycles. The fourth-order valence-corrected chi connectivity index (χ4v) is 2.26. The van der Waals surface area contributed by atoms with E-state index in [2.05, 4.69) is 13.2 Å². The smallest absolute Gasteiger partial charge is 0.201 e. The third-order valence-corrected chi connectivity index (χ3v) is 3.47. The summed E-state index contributed by atoms with van der Waals surface area (Å²) in [5.41, 5.74) is -0.176. The molecule has 0 aliphatic rings. The first-order valence-electron chi connectivity index (χ1n) is 6.95. The first kappa shape index (κ1) is 17.9. The topological polar surface area (TPSA) is 18.5 Å². The van der Waals surface area contributed by atoms with Crippen molar-refractivity contribution in [3.05, 3.63) is 72.0 Å². The summed E-state index contributed by atoms with van der Waals surface area (Å²) >= 11 is 5.95. The Balaban J connectivity index is 2.45. The van der Waals surface area contributed by atoms with E-state index in [9.17, 15) is 13.2 Å². The van der Waals surface area contributed by atoms with Crippen molar-refractivity contribution in [2.75, 3.05) is 13.2 Å². The summed E-state index contributed by atoms with van der Waals surface area (Å²) in [6, 6.07) is 5.15. The molecule has 0 aromatic heterocycles. The van der Waals surface area contributed by atoms with Crippen LogP contribution in [0.25, 0.3) is 11.1 Å². The van der Waals surface area contributed by atoms with Crippen molar-refractivity contribution in [1.29, 1.82) is 0 Å². The summed E-state index contributed by atoms with van der Waals surface area (Å²) in [5, 5.41) is -0.366. The minimum Gasteiger partial charge on any atom is -0.486 e. The summed E-state index contributed by atoms with van der Waals surface area (Å²) in [5.74, 6) is -3.59. The van der Waals surface area contributed by atoms with Crippen molar-refractivity contribution >= 4 is 11.6 Å². The Morgan fingerprint density at radius 1 is 0.792 bits per heavy atom. The fourth-order valence-electron chi connectivity index (χ4n) is 2.00. The molecule has 0 saturated carbocycles. The van der Waals surface area contributed by atoms with Crippen LogP contribution in [-0.2, 0) is 0 Å². The van der Waals surface area contributed by atoms with E-state index in [1.165, 1.54) is 36.4 Å². The molecule has 0 spiro atoms. The molecule has 0 fully saturated rings. The zero-order valence-corrected chi connectivity index (χ0v) is 13.4. The first-order valence-corrected chi connectivity index (χ1v) is 7.32. The summed E-state index contributed by atoms with van der Waals surface area (Å²) in [6.45, 7) is 7.00. The Labute approximate surface area is 142 Å². The van der Waals surface area contributed by atoms with Gasteiger partial charge in [0.05, 0.1) is 5.02 Å². The highest BCUT2D eigenvalue weighted by Crippen LogP contribution is 2.38. The minimum atomic E-state index is -1.18. The van der Waals surface area contributed by atoms with Crippen molar-refractivity contribution in [3.8, 4) is 22.6 Å². The molecule has 0 radical (unpaired) electrons. The van der Waals surface area contributed by atoms with Gasteiger partial charge in [-0.05, 0) is 24.3 Å². The van der Waals surface area contributed by atoms with Gasteiger partial charge in [-0.2, -0.15) is 4.39 Å². The quantitative estimate of drug-likeness (QED) is 0.606. The van der Waals surface area contributed by atoms with Gasteiger partial charge in [-0.3, -0.25) is 0 Å². The highest BCUT2D eigenvalue weighted by Gasteiger charge is 2.20. The van der Waals surface area contributed by atoms with E-state index in [0.29, 0.717) is 0 Å². The lowest BCUT2D eigenvalue weighted by Crippen LogP contribution is -2.00. The molecule has 0 unspecified atom stereocenters. The summed E-state index contributed by atoms with van der Waals surface area (Å²) in [6.07, 6.45) is 2.84. The van der Waals surface area contributed by atoms with Crippen LogP contribution >= 0.6 is 11.6 Å². The van der Waals surface area contributed by atoms with Gasteiger partial charge in [-0.1, -0.05) is 36.9 Å². The van der Waals surface area contributed by atoms with Gasteiger partial charge in [0.25, 0.3) is 0 Å². The first-order chi connectivity index (χ1) is 11.5. The number of hydrogen-bond donors (Lipinski definition) is 0. The molecule has 0 bridgehead atoms. The maximum Gasteiger partial charge on any atom is 0.201 e. The summed E-state index contributed by atoms with van der Waals surface area (Å²) in [4.78, 5) is 0. The van der Waals surface area contributed by atoms with Gasteiger partial charge in [0, 0.05) is 11.1 Å². The number of ether oxygens (including phenoxy) is 2. The number of benzene rings is 2. The zero-order chi connectivity index (χ0) is 17.7. The molecule has 2 aromatic carbocycles. The molecule has 0 atom stereocenters. The molecule has 2 nitrogen and oxygen atoms in total. The van der Waals surface area contributed by atoms with Crippen LogP contribution in [0.3, 0.4) is 0 Å². The van der Waals surface area contributed by atoms with Crippen molar-refractivity contribution in [1.82, 2.24) is 0 Å². The Hall–Kier alpha value is -2.40. The molecule has 24 heavy (non-hydrogen) atoms. The van der Waals surface area contributed by atoms with Crippen molar-refractivity contribution in [2.24, 2.45) is 0 Å². The second-order valence-electron chi connectivity index (χ2n) is 4.68. The molecule has 126 valence electrons. The third kappa shape index (κ3) is 3.57. The van der Waals surface area contributed by atoms with Gasteiger partial charge in [-0.25, -0.2) is 8.78 Å². The van der Waals surface area contributed by atoms with Crippen LogP contribution in [0.15, 0.2) is 49.6 Å². The van der Waals surface area contributed by atoms with Crippen LogP contribution in [0.2, 0.25) is 5.02 Å². The Bertz CT molecular complexity index is 710. The van der Waals surface area contributed by atoms with E-state index in [4.69, 9.17) is 21.1 Å². The standard InChI is InChI=1S/C18H14ClF3O2/c1-3-9-23-13-7-5-11(15(19)17(13)21)12-6-8-14(24-10-4-2)18(22)16(12)20/h3-8H,1-2,9-10H2. The van der Waals surface area contributed by atoms with Crippen molar-refractivity contribution < 1.29 is 22.6 Å². The van der Waals surface area contributed by atoms with Crippen molar-refractivity contribution in [2.45, 2.75) is 0 Å². The fraction of sp³-hybridized carbons (Fsp3) is 0.111. The average Bonchev–Trinajstić information content (AvgIpc) is 2.58. The van der Waals surface area contributed by atoms with E-state index in [0.717, 1.165) is 0 Å². The monoisotopic (exact) mass is 354 g/mol. The van der Waals surface area contributed by atoms with Crippen LogP contribution in [0.5, 0.6) is 11.5 Å². The van der Waals surface area contributed by atoms with E-state index in [1.807, 2.05) is 0 Å². The minimum absolute atomic E-state index is 0.00629. The van der Waals surface area contributed by atoms with Gasteiger partial charge in [-0.15, -0.1) is 0 Å². The lowest BCUT2D eigenvalue weighted by molar-refractivity contribution is 0.333. The summed E-state index contributed by atoms with van der Waals surface area (Å²) < 4.78 is 52.6. The molecule has 2 rings (SSSR count). The molecule has 0 amide bonds. The van der Waals surface area contributed by atoms with Gasteiger partial charge in [0.1, 0.15) is 13.2 Å². The molecule has 0 aliphatic carbocycles. The zero-order valence-electron chi connectivity index (χ0n) is 12.6. The second kappa shape index (κ2) is 7.93. The second-order valence-corrected chi connectivity index (χ2v) is 5.06. The van der Waals surface area contributed by atoms with Gasteiger partial charge >= 0.3 is 0 Å². The Morgan fingerprint density at radius 3 is 1.83 bits per heavy atom. The maximum absolute atomic E-state index is 14.3. The van der Waals surface area contributed by atoms with Gasteiger partial charge in [0.15, 0.2) is 23.1 Å². The number of rotatable bonds is 7. The molecular formula is C18H14ClF3O2. The average molecular weight is 355 g/mol. The van der Waals surface area contributed by atoms with Crippen LogP contribution in [0.4, 0.5) is 13.2 Å². The molecule has 0 saturated heterocycles. The predicted octanol–water partition coefficient (Wildman–Crippen LogP) is 5.55. The SMILES string of the molecule is C=CCOc1ccc(-c2ccc(OCC=C)c(F)c2Cl)c(F)c1F. The molecule has 6 heteroatoms. The molecule has 0 aliphatic heterocycles. The lowest BCUT2D eigenvalue weighted by atomic mass is 10.0. The third-order valence-electron chi connectivity index (χ3n) is 3.10. The van der Waals surface area contributed by atoms with E-state index < -0.39 is 17.5 Å². The van der Waals surface area contributed by atoms with Crippen LogP contribution < -0.4 is 9.47 Å². The summed E-state index contributed by atoms with van der Waals surface area (Å²) in [7, 11) is 0. The van der Waals surface area contributed by atoms with Crippen LogP contribution in [-0.4, -0.2) is 13.2 Å². The lowest BCUT2D eigenvalue weighted by Gasteiger charge is -2.12. The Kier molecular flexibility index (Phi) is 5.93. The highest BCUT2D eigenvalue weighted by molar-refractivity contribution is 6.33. The van der Waals surface area contributed by atoms with Crippen LogP contribution in [0.1, 0.15) is 0 Å². The molecular weight excluding hydrogens is 341 g/mol. The number of hydrogen-bond acceptors (Lipinski definition) is 2. The van der Waals surface area contributed by atoms with Crippen molar-refractivity contribution in [3.63, 3.8) is 0 Å². The van der Waals surface area contributed by atoms with E-state index in [1.54, 1.807) is 0 Å². The molecule has 0 N–H and O–H groups in total. The number of halogens is 4. The molecule has 2 aromatic rings. The van der Waals surface area contributed by atoms with E-state index in [-0.39, 0.29) is 40.9 Å². The van der Waals surface area contributed by atoms with Gasteiger partial charge < -0.3 is 9.47 Å². The predicted molar refractivity (Wildman–Crippen MR) is 88.1 cm³/mol. The Morgan fingerprint density at radius 2 is 1.29 bits per heavy atom. The van der Waals surface area contributed by atoms with Crippen LogP contribution in [0, 0.1) is 17.5 Å². The highest BCUT2D eigenvalue weighted by atomic mass is 35.5. The van der Waals surface area contributed by atoms with Gasteiger partial charge in [0.2, 0.25) is 5.82 Å². The normalized spacial score (nSPS) is 10.3. The maximum atomic E-state index is 14.3.